The van der Waals surface area contributed by atoms with Gasteiger partial charge in [-0.1, -0.05) is 35.9 Å². The van der Waals surface area contributed by atoms with Crippen molar-refractivity contribution in [3.8, 4) is 0 Å². The Morgan fingerprint density at radius 3 is 2.46 bits per heavy atom. The van der Waals surface area contributed by atoms with Gasteiger partial charge in [0.15, 0.2) is 10.9 Å². The van der Waals surface area contributed by atoms with Gasteiger partial charge in [-0.2, -0.15) is 5.10 Å². The summed E-state index contributed by atoms with van der Waals surface area (Å²) >= 11 is 14.7. The van der Waals surface area contributed by atoms with Gasteiger partial charge < -0.3 is 10.6 Å². The van der Waals surface area contributed by atoms with E-state index in [9.17, 15) is 4.39 Å². The minimum Gasteiger partial charge on any atom is -0.358 e. The fourth-order valence-electron chi connectivity index (χ4n) is 2.28. The summed E-state index contributed by atoms with van der Waals surface area (Å²) in [5.74, 6) is 0.357. The molecule has 0 spiro atoms. The Morgan fingerprint density at radius 1 is 1.12 bits per heavy atom. The van der Waals surface area contributed by atoms with Crippen LogP contribution < -0.4 is 10.6 Å². The molecule has 0 atom stereocenters. The number of halogens is 3. The molecule has 0 fully saturated rings. The third-order valence-electron chi connectivity index (χ3n) is 3.57. The molecule has 0 amide bonds. The molecule has 3 rings (SSSR count). The number of hydrogen-bond acceptors (Lipinski definition) is 2. The molecule has 26 heavy (non-hydrogen) atoms. The highest BCUT2D eigenvalue weighted by molar-refractivity contribution is 9.10. The monoisotopic (exact) mass is 452 g/mol. The van der Waals surface area contributed by atoms with Crippen molar-refractivity contribution in [3.63, 3.8) is 0 Å². The van der Waals surface area contributed by atoms with Crippen LogP contribution in [0.2, 0.25) is 5.02 Å². The zero-order valence-electron chi connectivity index (χ0n) is 13.5. The van der Waals surface area contributed by atoms with Gasteiger partial charge in [0.1, 0.15) is 5.82 Å². The van der Waals surface area contributed by atoms with Crippen LogP contribution in [0.15, 0.2) is 59.2 Å². The van der Waals surface area contributed by atoms with Crippen molar-refractivity contribution in [1.29, 1.82) is 0 Å². The van der Waals surface area contributed by atoms with Crippen molar-refractivity contribution in [2.45, 2.75) is 13.1 Å². The summed E-state index contributed by atoms with van der Waals surface area (Å²) in [5.41, 5.74) is 2.02. The smallest absolute Gasteiger partial charge is 0.172 e. The molecule has 0 unspecified atom stereocenters. The first-order valence-electron chi connectivity index (χ1n) is 7.76. The number of nitrogens with one attached hydrogen (secondary N) is 2. The molecule has 1 heterocycles. The summed E-state index contributed by atoms with van der Waals surface area (Å²) in [4.78, 5) is 0. The lowest BCUT2D eigenvalue weighted by Crippen LogP contribution is -2.28. The molecule has 0 aliphatic rings. The van der Waals surface area contributed by atoms with Gasteiger partial charge in [0.2, 0.25) is 0 Å². The van der Waals surface area contributed by atoms with Crippen LogP contribution >= 0.6 is 39.7 Å². The topological polar surface area (TPSA) is 41.9 Å². The van der Waals surface area contributed by atoms with Crippen LogP contribution in [0.25, 0.3) is 0 Å². The number of benzene rings is 2. The van der Waals surface area contributed by atoms with Crippen LogP contribution in [0.1, 0.15) is 11.1 Å². The maximum Gasteiger partial charge on any atom is 0.172 e. The molecule has 2 N–H and O–H groups in total. The highest BCUT2D eigenvalue weighted by Gasteiger charge is 2.09. The Bertz CT molecular complexity index is 897. The van der Waals surface area contributed by atoms with Gasteiger partial charge in [0.05, 0.1) is 11.0 Å². The van der Waals surface area contributed by atoms with E-state index in [2.05, 4.69) is 31.7 Å². The number of rotatable bonds is 5. The standard InChI is InChI=1S/C18H15BrClFN4S/c19-16-11-25(10-13-3-7-15(21)8-4-13)24-17(16)23-18(26)22-9-12-1-5-14(20)6-2-12/h1-8,11H,9-10H2,(H2,22,23,24,26). The largest absolute Gasteiger partial charge is 0.358 e. The highest BCUT2D eigenvalue weighted by Crippen LogP contribution is 2.21. The van der Waals surface area contributed by atoms with Gasteiger partial charge in [-0.05, 0) is 63.5 Å². The van der Waals surface area contributed by atoms with Crippen molar-refractivity contribution in [2.75, 3.05) is 5.32 Å². The quantitative estimate of drug-likeness (QED) is 0.535. The summed E-state index contributed by atoms with van der Waals surface area (Å²) < 4.78 is 15.5. The number of aromatic nitrogens is 2. The molecule has 4 nitrogen and oxygen atoms in total. The van der Waals surface area contributed by atoms with Crippen molar-refractivity contribution in [1.82, 2.24) is 15.1 Å². The predicted molar refractivity (Wildman–Crippen MR) is 110 cm³/mol. The zero-order valence-corrected chi connectivity index (χ0v) is 16.7. The van der Waals surface area contributed by atoms with E-state index in [4.69, 9.17) is 23.8 Å². The molecule has 0 aliphatic heterocycles. The Balaban J connectivity index is 1.57. The molecular weight excluding hydrogens is 439 g/mol. The van der Waals surface area contributed by atoms with E-state index in [1.54, 1.807) is 16.8 Å². The second-order valence-corrected chi connectivity index (χ2v) is 7.28. The first-order chi connectivity index (χ1) is 12.5. The molecule has 0 aliphatic carbocycles. The first kappa shape index (κ1) is 18.8. The van der Waals surface area contributed by atoms with E-state index in [-0.39, 0.29) is 5.82 Å². The third kappa shape index (κ3) is 5.27. The highest BCUT2D eigenvalue weighted by atomic mass is 79.9. The fourth-order valence-corrected chi connectivity index (χ4v) is 2.99. The molecular formula is C18H15BrClFN4S. The van der Waals surface area contributed by atoms with E-state index >= 15 is 0 Å². The van der Waals surface area contributed by atoms with Crippen LogP contribution in [-0.4, -0.2) is 14.9 Å². The maximum absolute atomic E-state index is 13.0. The summed E-state index contributed by atoms with van der Waals surface area (Å²) in [6.45, 7) is 1.11. The van der Waals surface area contributed by atoms with E-state index in [0.29, 0.717) is 29.0 Å². The normalized spacial score (nSPS) is 10.6. The number of nitrogens with zero attached hydrogens (tertiary/aromatic N) is 2. The van der Waals surface area contributed by atoms with E-state index in [0.717, 1.165) is 15.6 Å². The molecule has 0 bridgehead atoms. The zero-order chi connectivity index (χ0) is 18.5. The molecule has 0 radical (unpaired) electrons. The van der Waals surface area contributed by atoms with Crippen LogP contribution in [0.4, 0.5) is 10.2 Å². The predicted octanol–water partition coefficient (Wildman–Crippen LogP) is 4.97. The minimum atomic E-state index is -0.255. The second-order valence-electron chi connectivity index (χ2n) is 5.58. The van der Waals surface area contributed by atoms with Gasteiger partial charge in [-0.3, -0.25) is 4.68 Å². The lowest BCUT2D eigenvalue weighted by molar-refractivity contribution is 0.624. The molecule has 8 heteroatoms. The van der Waals surface area contributed by atoms with Gasteiger partial charge in [0.25, 0.3) is 0 Å². The fraction of sp³-hybridized carbons (Fsp3) is 0.111. The summed E-state index contributed by atoms with van der Waals surface area (Å²) in [6.07, 6.45) is 1.84. The van der Waals surface area contributed by atoms with Gasteiger partial charge in [-0.25, -0.2) is 4.39 Å². The van der Waals surface area contributed by atoms with Crippen molar-refractivity contribution in [2.24, 2.45) is 0 Å². The van der Waals surface area contributed by atoms with Crippen molar-refractivity contribution in [3.05, 3.63) is 81.2 Å². The Labute approximate surface area is 169 Å². The number of thiocarbonyl (C=S) groups is 1. The van der Waals surface area contributed by atoms with E-state index in [1.807, 2.05) is 30.5 Å². The van der Waals surface area contributed by atoms with Crippen LogP contribution in [-0.2, 0) is 13.1 Å². The molecule has 0 saturated heterocycles. The number of anilines is 1. The van der Waals surface area contributed by atoms with Crippen molar-refractivity contribution >= 4 is 50.7 Å². The third-order valence-corrected chi connectivity index (χ3v) is 4.65. The van der Waals surface area contributed by atoms with Crippen LogP contribution in [0, 0.1) is 5.82 Å². The van der Waals surface area contributed by atoms with Crippen LogP contribution in [0.3, 0.4) is 0 Å². The Hall–Kier alpha value is -1.96. The van der Waals surface area contributed by atoms with Gasteiger partial charge >= 0.3 is 0 Å². The summed E-state index contributed by atoms with van der Waals surface area (Å²) in [5, 5.41) is 11.8. The van der Waals surface area contributed by atoms with E-state index in [1.165, 1.54) is 12.1 Å². The van der Waals surface area contributed by atoms with Crippen LogP contribution in [0.5, 0.6) is 0 Å². The lowest BCUT2D eigenvalue weighted by atomic mass is 10.2. The first-order valence-corrected chi connectivity index (χ1v) is 9.34. The maximum atomic E-state index is 13.0. The molecule has 2 aromatic carbocycles. The Kier molecular flexibility index (Phi) is 6.24. The number of hydrogen-bond donors (Lipinski definition) is 2. The van der Waals surface area contributed by atoms with Crippen molar-refractivity contribution < 1.29 is 4.39 Å². The molecule has 1 aromatic heterocycles. The Morgan fingerprint density at radius 2 is 1.77 bits per heavy atom. The van der Waals surface area contributed by atoms with E-state index < -0.39 is 0 Å². The second kappa shape index (κ2) is 8.62. The molecule has 0 saturated carbocycles. The molecule has 3 aromatic rings. The summed E-state index contributed by atoms with van der Waals surface area (Å²) in [7, 11) is 0. The SMILES string of the molecule is Fc1ccc(Cn2cc(Br)c(NC(=S)NCc3ccc(Cl)cc3)n2)cc1. The van der Waals surface area contributed by atoms with Gasteiger partial charge in [-0.15, -0.1) is 0 Å². The average Bonchev–Trinajstić information content (AvgIpc) is 2.95. The summed E-state index contributed by atoms with van der Waals surface area (Å²) in [6, 6.07) is 13.9. The molecule has 134 valence electrons. The van der Waals surface area contributed by atoms with Gasteiger partial charge in [0, 0.05) is 17.8 Å². The lowest BCUT2D eigenvalue weighted by Gasteiger charge is -2.09. The minimum absolute atomic E-state index is 0.255. The average molecular weight is 454 g/mol.